The van der Waals surface area contributed by atoms with Crippen LogP contribution in [0.25, 0.3) is 0 Å². The first-order valence-corrected chi connectivity index (χ1v) is 7.11. The summed E-state index contributed by atoms with van der Waals surface area (Å²) in [6.07, 6.45) is 0.277. The van der Waals surface area contributed by atoms with Crippen LogP contribution in [-0.4, -0.2) is 30.3 Å². The highest BCUT2D eigenvalue weighted by Gasteiger charge is 2.14. The molecule has 5 heteroatoms. The fourth-order valence-corrected chi connectivity index (χ4v) is 1.76. The first kappa shape index (κ1) is 16.0. The van der Waals surface area contributed by atoms with Crippen molar-refractivity contribution < 1.29 is 14.6 Å². The number of rotatable bonds is 7. The molecule has 1 aromatic rings. The van der Waals surface area contributed by atoms with Crippen molar-refractivity contribution >= 4 is 21.8 Å². The van der Waals surface area contributed by atoms with Gasteiger partial charge in [0.15, 0.2) is 0 Å². The van der Waals surface area contributed by atoms with Crippen LogP contribution in [0.3, 0.4) is 0 Å². The Balaban J connectivity index is 2.29. The van der Waals surface area contributed by atoms with Crippen molar-refractivity contribution in [1.29, 1.82) is 0 Å². The first-order valence-electron chi connectivity index (χ1n) is 6.31. The van der Waals surface area contributed by atoms with Crippen molar-refractivity contribution in [2.45, 2.75) is 26.3 Å². The molecule has 1 atom stereocenters. The second-order valence-electron chi connectivity index (χ2n) is 4.65. The van der Waals surface area contributed by atoms with Crippen LogP contribution in [0.15, 0.2) is 28.7 Å². The number of aliphatic hydroxyl groups excluding tert-OH is 1. The predicted octanol–water partition coefficient (Wildman–Crippen LogP) is 2.35. The number of nitrogens with one attached hydrogen (secondary N) is 1. The van der Waals surface area contributed by atoms with Gasteiger partial charge in [0, 0.05) is 4.47 Å². The highest BCUT2D eigenvalue weighted by Crippen LogP contribution is 2.16. The molecule has 1 aromatic carbocycles. The maximum atomic E-state index is 11.7. The number of amides is 1. The van der Waals surface area contributed by atoms with Crippen LogP contribution in [0.5, 0.6) is 5.75 Å². The third kappa shape index (κ3) is 6.07. The van der Waals surface area contributed by atoms with Gasteiger partial charge < -0.3 is 15.2 Å². The van der Waals surface area contributed by atoms with Gasteiger partial charge in [-0.25, -0.2) is 0 Å². The molecule has 0 aromatic heterocycles. The van der Waals surface area contributed by atoms with Crippen molar-refractivity contribution in [3.05, 3.63) is 28.7 Å². The summed E-state index contributed by atoms with van der Waals surface area (Å²) < 4.78 is 6.45. The number of hydrogen-bond acceptors (Lipinski definition) is 3. The Labute approximate surface area is 122 Å². The average molecular weight is 330 g/mol. The standard InChI is InChI=1S/C14H20BrNO3/c1-10(2)13(9-17)16-14(18)7-8-19-12-5-3-11(15)4-6-12/h3-6,10,13,17H,7-9H2,1-2H3,(H,16,18). The zero-order chi connectivity index (χ0) is 14.3. The summed E-state index contributed by atoms with van der Waals surface area (Å²) in [7, 11) is 0. The second-order valence-corrected chi connectivity index (χ2v) is 5.57. The highest BCUT2D eigenvalue weighted by molar-refractivity contribution is 9.10. The number of carbonyl (C=O) groups is 1. The van der Waals surface area contributed by atoms with Crippen molar-refractivity contribution in [2.75, 3.05) is 13.2 Å². The van der Waals surface area contributed by atoms with Crippen LogP contribution >= 0.6 is 15.9 Å². The van der Waals surface area contributed by atoms with E-state index < -0.39 is 0 Å². The number of aliphatic hydroxyl groups is 1. The van der Waals surface area contributed by atoms with Gasteiger partial charge in [0.05, 0.1) is 25.7 Å². The van der Waals surface area contributed by atoms with Gasteiger partial charge in [-0.3, -0.25) is 4.79 Å². The lowest BCUT2D eigenvalue weighted by Crippen LogP contribution is -2.41. The maximum Gasteiger partial charge on any atom is 0.223 e. The van der Waals surface area contributed by atoms with Crippen LogP contribution in [0, 0.1) is 5.92 Å². The third-order valence-corrected chi connectivity index (χ3v) is 3.29. The zero-order valence-electron chi connectivity index (χ0n) is 11.2. The van der Waals surface area contributed by atoms with Gasteiger partial charge in [0.2, 0.25) is 5.91 Å². The summed E-state index contributed by atoms with van der Waals surface area (Å²) in [4.78, 5) is 11.7. The van der Waals surface area contributed by atoms with E-state index in [-0.39, 0.29) is 30.9 Å². The molecular weight excluding hydrogens is 310 g/mol. The Hall–Kier alpha value is -1.07. The number of halogens is 1. The molecule has 0 aliphatic heterocycles. The Morgan fingerprint density at radius 1 is 1.37 bits per heavy atom. The van der Waals surface area contributed by atoms with Gasteiger partial charge in [-0.15, -0.1) is 0 Å². The van der Waals surface area contributed by atoms with Gasteiger partial charge in [-0.05, 0) is 30.2 Å². The van der Waals surface area contributed by atoms with Crippen LogP contribution in [0.1, 0.15) is 20.3 Å². The van der Waals surface area contributed by atoms with Gasteiger partial charge in [-0.2, -0.15) is 0 Å². The summed E-state index contributed by atoms with van der Waals surface area (Å²) in [5.74, 6) is 0.838. The Morgan fingerprint density at radius 2 is 2.00 bits per heavy atom. The van der Waals surface area contributed by atoms with Crippen molar-refractivity contribution in [3.8, 4) is 5.75 Å². The minimum absolute atomic E-state index is 0.0447. The Bertz CT molecular complexity index is 392. The quantitative estimate of drug-likeness (QED) is 0.807. The number of ether oxygens (including phenoxy) is 1. The largest absolute Gasteiger partial charge is 0.493 e. The summed E-state index contributed by atoms with van der Waals surface area (Å²) in [5, 5.41) is 11.9. The van der Waals surface area contributed by atoms with E-state index in [1.165, 1.54) is 0 Å². The molecule has 0 fully saturated rings. The number of hydrogen-bond donors (Lipinski definition) is 2. The Morgan fingerprint density at radius 3 is 2.53 bits per heavy atom. The van der Waals surface area contributed by atoms with E-state index in [9.17, 15) is 4.79 Å². The van der Waals surface area contributed by atoms with Crippen LogP contribution in [-0.2, 0) is 4.79 Å². The van der Waals surface area contributed by atoms with Crippen LogP contribution < -0.4 is 10.1 Å². The lowest BCUT2D eigenvalue weighted by molar-refractivity contribution is -0.122. The van der Waals surface area contributed by atoms with Crippen LogP contribution in [0.4, 0.5) is 0 Å². The maximum absolute atomic E-state index is 11.7. The molecule has 0 spiro atoms. The average Bonchev–Trinajstić information content (AvgIpc) is 2.38. The topological polar surface area (TPSA) is 58.6 Å². The molecule has 0 saturated heterocycles. The summed E-state index contributed by atoms with van der Waals surface area (Å²) in [5.41, 5.74) is 0. The lowest BCUT2D eigenvalue weighted by Gasteiger charge is -2.19. The number of benzene rings is 1. The van der Waals surface area contributed by atoms with Gasteiger partial charge >= 0.3 is 0 Å². The van der Waals surface area contributed by atoms with Gasteiger partial charge in [-0.1, -0.05) is 29.8 Å². The predicted molar refractivity (Wildman–Crippen MR) is 78.1 cm³/mol. The molecule has 0 aliphatic rings. The van der Waals surface area contributed by atoms with E-state index in [0.717, 1.165) is 10.2 Å². The Kier molecular flexibility index (Phi) is 6.87. The van der Waals surface area contributed by atoms with E-state index in [1.54, 1.807) is 0 Å². The lowest BCUT2D eigenvalue weighted by atomic mass is 10.1. The molecule has 106 valence electrons. The van der Waals surface area contributed by atoms with E-state index in [2.05, 4.69) is 21.2 Å². The molecule has 1 rings (SSSR count). The molecule has 0 saturated carbocycles. The molecule has 0 bridgehead atoms. The van der Waals surface area contributed by atoms with Crippen molar-refractivity contribution in [2.24, 2.45) is 5.92 Å². The smallest absolute Gasteiger partial charge is 0.223 e. The van der Waals surface area contributed by atoms with Crippen molar-refractivity contribution in [3.63, 3.8) is 0 Å². The molecule has 4 nitrogen and oxygen atoms in total. The fraction of sp³-hybridized carbons (Fsp3) is 0.500. The molecule has 0 heterocycles. The monoisotopic (exact) mass is 329 g/mol. The van der Waals surface area contributed by atoms with Crippen LogP contribution in [0.2, 0.25) is 0 Å². The van der Waals surface area contributed by atoms with E-state index in [4.69, 9.17) is 9.84 Å². The molecule has 19 heavy (non-hydrogen) atoms. The molecule has 1 amide bonds. The number of carbonyl (C=O) groups excluding carboxylic acids is 1. The summed E-state index contributed by atoms with van der Waals surface area (Å²) >= 11 is 3.34. The SMILES string of the molecule is CC(C)C(CO)NC(=O)CCOc1ccc(Br)cc1. The molecular formula is C14H20BrNO3. The highest BCUT2D eigenvalue weighted by atomic mass is 79.9. The molecule has 0 radical (unpaired) electrons. The fourth-order valence-electron chi connectivity index (χ4n) is 1.49. The minimum Gasteiger partial charge on any atom is -0.493 e. The van der Waals surface area contributed by atoms with E-state index in [0.29, 0.717) is 6.61 Å². The van der Waals surface area contributed by atoms with Gasteiger partial charge in [0.1, 0.15) is 5.75 Å². The van der Waals surface area contributed by atoms with Crippen molar-refractivity contribution in [1.82, 2.24) is 5.32 Å². The second kappa shape index (κ2) is 8.17. The first-order chi connectivity index (χ1) is 9.02. The zero-order valence-corrected chi connectivity index (χ0v) is 12.8. The third-order valence-electron chi connectivity index (χ3n) is 2.76. The summed E-state index contributed by atoms with van der Waals surface area (Å²) in [6, 6.07) is 7.26. The minimum atomic E-state index is -0.194. The van der Waals surface area contributed by atoms with E-state index in [1.807, 2.05) is 38.1 Å². The molecule has 1 unspecified atom stereocenters. The molecule has 0 aliphatic carbocycles. The van der Waals surface area contributed by atoms with E-state index >= 15 is 0 Å². The van der Waals surface area contributed by atoms with Gasteiger partial charge in [0.25, 0.3) is 0 Å². The normalized spacial score (nSPS) is 12.3. The molecule has 2 N–H and O–H groups in total. The summed E-state index contributed by atoms with van der Waals surface area (Å²) in [6.45, 7) is 4.19.